The summed E-state index contributed by atoms with van der Waals surface area (Å²) in [6.07, 6.45) is 0. The number of ether oxygens (including phenoxy) is 3. The number of halogens is 2. The molecule has 0 aliphatic carbocycles. The van der Waals surface area contributed by atoms with Gasteiger partial charge in [0.25, 0.3) is 5.91 Å². The number of nitrogens with zero attached hydrogens (tertiary/aromatic N) is 2. The first-order valence-electron chi connectivity index (χ1n) is 9.18. The molecule has 0 unspecified atom stereocenters. The summed E-state index contributed by atoms with van der Waals surface area (Å²) in [7, 11) is 3.00. The predicted molar refractivity (Wildman–Crippen MR) is 101 cm³/mol. The zero-order chi connectivity index (χ0) is 22.3. The minimum Gasteiger partial charge on any atom is -0.435 e. The summed E-state index contributed by atoms with van der Waals surface area (Å²) in [5.74, 6) is -1.13. The molecule has 2 rings (SSSR count). The summed E-state index contributed by atoms with van der Waals surface area (Å²) >= 11 is 0. The Morgan fingerprint density at radius 1 is 1.13 bits per heavy atom. The van der Waals surface area contributed by atoms with Gasteiger partial charge in [0.05, 0.1) is 13.2 Å². The van der Waals surface area contributed by atoms with Crippen LogP contribution in [0.5, 0.6) is 5.75 Å². The Balaban J connectivity index is 2.13. The van der Waals surface area contributed by atoms with Crippen LogP contribution in [-0.2, 0) is 24.6 Å². The van der Waals surface area contributed by atoms with E-state index < -0.39 is 36.5 Å². The molecule has 0 saturated carbocycles. The van der Waals surface area contributed by atoms with Crippen molar-refractivity contribution in [2.75, 3.05) is 47.1 Å². The van der Waals surface area contributed by atoms with Crippen LogP contribution in [0.3, 0.4) is 0 Å². The number of nitrogens with one attached hydrogen (secondary N) is 1. The Morgan fingerprint density at radius 2 is 1.70 bits per heavy atom. The molecule has 1 atom stereocenters. The van der Waals surface area contributed by atoms with E-state index in [1.807, 2.05) is 0 Å². The highest BCUT2D eigenvalue weighted by molar-refractivity contribution is 6.09. The molecule has 11 heteroatoms. The molecule has 1 aliphatic heterocycles. The van der Waals surface area contributed by atoms with Gasteiger partial charge in [-0.1, -0.05) is 12.1 Å². The van der Waals surface area contributed by atoms with Gasteiger partial charge in [-0.25, -0.2) is 4.79 Å². The van der Waals surface area contributed by atoms with Crippen molar-refractivity contribution in [1.82, 2.24) is 15.1 Å². The number of hydrogen-bond acceptors (Lipinski definition) is 6. The molecule has 30 heavy (non-hydrogen) atoms. The molecule has 1 aliphatic rings. The van der Waals surface area contributed by atoms with E-state index in [1.165, 1.54) is 50.3 Å². The molecule has 1 fully saturated rings. The molecule has 1 aromatic carbocycles. The van der Waals surface area contributed by atoms with Gasteiger partial charge in [0, 0.05) is 27.3 Å². The second-order valence-electron chi connectivity index (χ2n) is 6.72. The van der Waals surface area contributed by atoms with Gasteiger partial charge in [-0.05, 0) is 24.6 Å². The molecule has 0 radical (unpaired) electrons. The molecule has 4 amide bonds. The van der Waals surface area contributed by atoms with Crippen molar-refractivity contribution in [3.05, 3.63) is 29.8 Å². The van der Waals surface area contributed by atoms with E-state index in [0.717, 1.165) is 4.90 Å². The predicted octanol–water partition coefficient (Wildman–Crippen LogP) is 1.18. The van der Waals surface area contributed by atoms with Crippen molar-refractivity contribution >= 4 is 17.8 Å². The number of urea groups is 1. The Bertz CT molecular complexity index is 753. The molecular weight excluding hydrogens is 404 g/mol. The molecule has 9 nitrogen and oxygen atoms in total. The molecule has 0 aromatic heterocycles. The normalized spacial score (nSPS) is 18.7. The summed E-state index contributed by atoms with van der Waals surface area (Å²) in [6, 6.07) is 4.64. The molecule has 166 valence electrons. The molecular formula is C19H25F2N3O6. The highest BCUT2D eigenvalue weighted by Crippen LogP contribution is 2.30. The smallest absolute Gasteiger partial charge is 0.387 e. The SMILES string of the molecule is COCCN(CCOC)C(=O)CN1C(=O)N[C@@](C)(c2ccc(OC(F)F)cc2)C1=O. The first-order valence-corrected chi connectivity index (χ1v) is 9.18. The Kier molecular flexibility index (Phi) is 8.07. The van der Waals surface area contributed by atoms with Crippen LogP contribution in [-0.4, -0.2) is 81.3 Å². The number of carbonyl (C=O) groups excluding carboxylic acids is 3. The quantitative estimate of drug-likeness (QED) is 0.531. The van der Waals surface area contributed by atoms with Crippen LogP contribution in [0.2, 0.25) is 0 Å². The molecule has 1 aromatic rings. The Labute approximate surface area is 172 Å². The summed E-state index contributed by atoms with van der Waals surface area (Å²) in [5, 5.41) is 2.57. The summed E-state index contributed by atoms with van der Waals surface area (Å²) in [4.78, 5) is 40.3. The van der Waals surface area contributed by atoms with Gasteiger partial charge in [-0.3, -0.25) is 14.5 Å². The average molecular weight is 429 g/mol. The average Bonchev–Trinajstić information content (AvgIpc) is 2.92. The van der Waals surface area contributed by atoms with E-state index in [2.05, 4.69) is 10.1 Å². The Morgan fingerprint density at radius 3 is 2.20 bits per heavy atom. The third kappa shape index (κ3) is 5.42. The first-order chi connectivity index (χ1) is 14.2. The highest BCUT2D eigenvalue weighted by Gasteiger charge is 2.49. The van der Waals surface area contributed by atoms with E-state index in [-0.39, 0.29) is 18.8 Å². The van der Waals surface area contributed by atoms with Crippen LogP contribution in [0, 0.1) is 0 Å². The molecule has 1 N–H and O–H groups in total. The number of methoxy groups -OCH3 is 2. The third-order valence-corrected chi connectivity index (χ3v) is 4.71. The summed E-state index contributed by atoms with van der Waals surface area (Å²) in [5.41, 5.74) is -1.07. The number of carbonyl (C=O) groups is 3. The van der Waals surface area contributed by atoms with Crippen molar-refractivity contribution in [1.29, 1.82) is 0 Å². The Hall–Kier alpha value is -2.79. The number of alkyl halides is 2. The van der Waals surface area contributed by atoms with Gasteiger partial charge in [0.1, 0.15) is 17.8 Å². The van der Waals surface area contributed by atoms with E-state index in [1.54, 1.807) is 0 Å². The molecule has 0 spiro atoms. The van der Waals surface area contributed by atoms with Crippen molar-refractivity contribution in [2.45, 2.75) is 19.1 Å². The highest BCUT2D eigenvalue weighted by atomic mass is 19.3. The second kappa shape index (κ2) is 10.3. The van der Waals surface area contributed by atoms with E-state index >= 15 is 0 Å². The van der Waals surface area contributed by atoms with Crippen LogP contribution in [0.25, 0.3) is 0 Å². The van der Waals surface area contributed by atoms with E-state index in [9.17, 15) is 23.2 Å². The van der Waals surface area contributed by atoms with Gasteiger partial charge in [0.15, 0.2) is 0 Å². The number of rotatable bonds is 11. The first kappa shape index (κ1) is 23.5. The van der Waals surface area contributed by atoms with Crippen LogP contribution in [0.1, 0.15) is 12.5 Å². The second-order valence-corrected chi connectivity index (χ2v) is 6.72. The van der Waals surface area contributed by atoms with Crippen molar-refractivity contribution < 1.29 is 37.4 Å². The number of benzene rings is 1. The maximum absolute atomic E-state index is 13.0. The van der Waals surface area contributed by atoms with Gasteiger partial charge >= 0.3 is 12.6 Å². The zero-order valence-electron chi connectivity index (χ0n) is 17.0. The van der Waals surface area contributed by atoms with E-state index in [0.29, 0.717) is 18.8 Å². The van der Waals surface area contributed by atoms with Gasteiger partial charge in [0.2, 0.25) is 5.91 Å². The fourth-order valence-electron chi connectivity index (χ4n) is 3.01. The lowest BCUT2D eigenvalue weighted by Gasteiger charge is -2.25. The van der Waals surface area contributed by atoms with E-state index in [4.69, 9.17) is 9.47 Å². The largest absolute Gasteiger partial charge is 0.435 e. The summed E-state index contributed by atoms with van der Waals surface area (Å²) < 4.78 is 38.9. The fourth-order valence-corrected chi connectivity index (χ4v) is 3.01. The third-order valence-electron chi connectivity index (χ3n) is 4.71. The monoisotopic (exact) mass is 429 g/mol. The fraction of sp³-hybridized carbons (Fsp3) is 0.526. The van der Waals surface area contributed by atoms with Crippen LogP contribution < -0.4 is 10.1 Å². The zero-order valence-corrected chi connectivity index (χ0v) is 17.0. The minimum absolute atomic E-state index is 0.0758. The molecule has 1 heterocycles. The lowest BCUT2D eigenvalue weighted by atomic mass is 9.92. The summed E-state index contributed by atoms with van der Waals surface area (Å²) in [6.45, 7) is -0.786. The maximum Gasteiger partial charge on any atom is 0.387 e. The lowest BCUT2D eigenvalue weighted by Crippen LogP contribution is -2.46. The number of imide groups is 1. The van der Waals surface area contributed by atoms with Crippen molar-refractivity contribution in [3.8, 4) is 5.75 Å². The standard InChI is InChI=1S/C19H25F2N3O6/c1-19(13-4-6-14(7-5-13)30-17(20)21)16(26)24(18(27)22-19)12-15(25)23(8-10-28-2)9-11-29-3/h4-7,17H,8-12H2,1-3H3,(H,22,27)/t19-/m0/s1. The lowest BCUT2D eigenvalue weighted by molar-refractivity contribution is -0.139. The number of hydrogen-bond donors (Lipinski definition) is 1. The van der Waals surface area contributed by atoms with Gasteiger partial charge in [-0.15, -0.1) is 0 Å². The van der Waals surface area contributed by atoms with Crippen LogP contribution >= 0.6 is 0 Å². The number of amides is 4. The molecule has 0 bridgehead atoms. The van der Waals surface area contributed by atoms with Crippen LogP contribution in [0.15, 0.2) is 24.3 Å². The molecule has 1 saturated heterocycles. The van der Waals surface area contributed by atoms with Crippen molar-refractivity contribution in [3.63, 3.8) is 0 Å². The minimum atomic E-state index is -2.97. The van der Waals surface area contributed by atoms with Crippen molar-refractivity contribution in [2.24, 2.45) is 0 Å². The van der Waals surface area contributed by atoms with Gasteiger partial charge < -0.3 is 24.4 Å². The van der Waals surface area contributed by atoms with Gasteiger partial charge in [-0.2, -0.15) is 8.78 Å². The maximum atomic E-state index is 13.0. The topological polar surface area (TPSA) is 97.4 Å². The van der Waals surface area contributed by atoms with Crippen LogP contribution in [0.4, 0.5) is 13.6 Å².